The molecule has 18 heavy (non-hydrogen) atoms. The highest BCUT2D eigenvalue weighted by atomic mass is 16.5. The smallest absolute Gasteiger partial charge is 0.267 e. The SMILES string of the molecule is CNC(=O)/C(=C\c1cccc(OC)c1)NC(C)=O. The summed E-state index contributed by atoms with van der Waals surface area (Å²) in [5, 5.41) is 4.95. The zero-order valence-corrected chi connectivity index (χ0v) is 10.6. The Balaban J connectivity index is 3.05. The van der Waals surface area contributed by atoms with Gasteiger partial charge in [0, 0.05) is 14.0 Å². The Kier molecular flexibility index (Phi) is 4.92. The van der Waals surface area contributed by atoms with Crippen LogP contribution in [0.5, 0.6) is 5.75 Å². The standard InChI is InChI=1S/C13H16N2O3/c1-9(16)15-12(13(17)14-2)8-10-5-4-6-11(7-10)18-3/h4-8H,1-3H3,(H,14,17)(H,15,16)/b12-8+. The van der Waals surface area contributed by atoms with Crippen molar-refractivity contribution in [3.8, 4) is 5.75 Å². The average molecular weight is 248 g/mol. The van der Waals surface area contributed by atoms with E-state index in [1.807, 2.05) is 6.07 Å². The van der Waals surface area contributed by atoms with Crippen LogP contribution in [0, 0.1) is 0 Å². The van der Waals surface area contributed by atoms with Gasteiger partial charge in [0.05, 0.1) is 7.11 Å². The summed E-state index contributed by atoms with van der Waals surface area (Å²) in [6.45, 7) is 1.35. The van der Waals surface area contributed by atoms with Crippen LogP contribution in [0.1, 0.15) is 12.5 Å². The molecule has 2 amide bonds. The molecule has 0 aliphatic carbocycles. The Morgan fingerprint density at radius 1 is 1.33 bits per heavy atom. The molecule has 1 rings (SSSR count). The first-order valence-electron chi connectivity index (χ1n) is 5.42. The summed E-state index contributed by atoms with van der Waals surface area (Å²) in [6, 6.07) is 7.19. The quantitative estimate of drug-likeness (QED) is 0.778. The van der Waals surface area contributed by atoms with Gasteiger partial charge >= 0.3 is 0 Å². The molecule has 0 aliphatic heterocycles. The van der Waals surface area contributed by atoms with Gasteiger partial charge in [-0.25, -0.2) is 0 Å². The second kappa shape index (κ2) is 6.44. The van der Waals surface area contributed by atoms with Crippen molar-refractivity contribution >= 4 is 17.9 Å². The number of carbonyl (C=O) groups excluding carboxylic acids is 2. The van der Waals surface area contributed by atoms with Crippen molar-refractivity contribution in [2.75, 3.05) is 14.2 Å². The molecule has 5 heteroatoms. The van der Waals surface area contributed by atoms with Crippen LogP contribution in [0.25, 0.3) is 6.08 Å². The molecule has 0 saturated heterocycles. The molecule has 1 aromatic carbocycles. The molecule has 0 heterocycles. The second-order valence-corrected chi connectivity index (χ2v) is 3.59. The maximum atomic E-state index is 11.6. The number of methoxy groups -OCH3 is 1. The Morgan fingerprint density at radius 2 is 2.06 bits per heavy atom. The fourth-order valence-corrected chi connectivity index (χ4v) is 1.38. The van der Waals surface area contributed by atoms with E-state index in [0.29, 0.717) is 5.75 Å². The van der Waals surface area contributed by atoms with E-state index < -0.39 is 0 Å². The number of hydrogen-bond donors (Lipinski definition) is 2. The molecule has 0 saturated carbocycles. The molecule has 0 atom stereocenters. The number of nitrogens with one attached hydrogen (secondary N) is 2. The van der Waals surface area contributed by atoms with Crippen molar-refractivity contribution in [1.82, 2.24) is 10.6 Å². The van der Waals surface area contributed by atoms with Gasteiger partial charge < -0.3 is 15.4 Å². The van der Waals surface area contributed by atoms with E-state index >= 15 is 0 Å². The molecular weight excluding hydrogens is 232 g/mol. The monoisotopic (exact) mass is 248 g/mol. The van der Waals surface area contributed by atoms with Crippen molar-refractivity contribution in [2.24, 2.45) is 0 Å². The zero-order valence-electron chi connectivity index (χ0n) is 10.6. The van der Waals surface area contributed by atoms with Crippen LogP contribution >= 0.6 is 0 Å². The van der Waals surface area contributed by atoms with Gasteiger partial charge in [-0.3, -0.25) is 9.59 Å². The molecule has 0 aliphatic rings. The van der Waals surface area contributed by atoms with Crippen molar-refractivity contribution < 1.29 is 14.3 Å². The van der Waals surface area contributed by atoms with E-state index in [1.165, 1.54) is 14.0 Å². The summed E-state index contributed by atoms with van der Waals surface area (Å²) >= 11 is 0. The van der Waals surface area contributed by atoms with Gasteiger partial charge in [-0.15, -0.1) is 0 Å². The van der Waals surface area contributed by atoms with Crippen molar-refractivity contribution in [1.29, 1.82) is 0 Å². The van der Waals surface area contributed by atoms with E-state index in [1.54, 1.807) is 31.4 Å². The summed E-state index contributed by atoms with van der Waals surface area (Å²) in [5.41, 5.74) is 0.958. The predicted molar refractivity (Wildman–Crippen MR) is 68.9 cm³/mol. The molecule has 96 valence electrons. The predicted octanol–water partition coefficient (Wildman–Crippen LogP) is 0.918. The topological polar surface area (TPSA) is 67.4 Å². The van der Waals surface area contributed by atoms with Gasteiger partial charge in [-0.05, 0) is 23.8 Å². The molecule has 1 aromatic rings. The van der Waals surface area contributed by atoms with Crippen molar-refractivity contribution in [2.45, 2.75) is 6.92 Å². The number of rotatable bonds is 4. The van der Waals surface area contributed by atoms with E-state index in [9.17, 15) is 9.59 Å². The zero-order chi connectivity index (χ0) is 13.5. The highest BCUT2D eigenvalue weighted by Gasteiger charge is 2.09. The minimum atomic E-state index is -0.354. The Morgan fingerprint density at radius 3 is 2.61 bits per heavy atom. The minimum absolute atomic E-state index is 0.193. The van der Waals surface area contributed by atoms with Crippen LogP contribution in [0.2, 0.25) is 0 Å². The molecule has 0 fully saturated rings. The first-order chi connectivity index (χ1) is 8.56. The number of carbonyl (C=O) groups is 2. The van der Waals surface area contributed by atoms with Crippen LogP contribution < -0.4 is 15.4 Å². The lowest BCUT2D eigenvalue weighted by molar-refractivity contribution is -0.122. The van der Waals surface area contributed by atoms with Gasteiger partial charge in [0.1, 0.15) is 11.4 Å². The normalized spacial score (nSPS) is 10.7. The number of hydrogen-bond acceptors (Lipinski definition) is 3. The van der Waals surface area contributed by atoms with Crippen LogP contribution in [-0.2, 0) is 9.59 Å². The number of amides is 2. The lowest BCUT2D eigenvalue weighted by Gasteiger charge is -2.07. The van der Waals surface area contributed by atoms with Gasteiger partial charge in [-0.1, -0.05) is 12.1 Å². The van der Waals surface area contributed by atoms with E-state index in [2.05, 4.69) is 10.6 Å². The summed E-state index contributed by atoms with van der Waals surface area (Å²) in [7, 11) is 3.07. The lowest BCUT2D eigenvalue weighted by Crippen LogP contribution is -2.31. The first kappa shape index (κ1) is 13.8. The Labute approximate surface area is 106 Å². The summed E-state index contributed by atoms with van der Waals surface area (Å²) < 4.78 is 5.09. The molecule has 0 bridgehead atoms. The highest BCUT2D eigenvalue weighted by Crippen LogP contribution is 2.14. The summed E-state index contributed by atoms with van der Waals surface area (Å²) in [4.78, 5) is 22.6. The molecule has 2 N–H and O–H groups in total. The molecule has 0 radical (unpaired) electrons. The fourth-order valence-electron chi connectivity index (χ4n) is 1.38. The van der Waals surface area contributed by atoms with Crippen LogP contribution in [0.3, 0.4) is 0 Å². The van der Waals surface area contributed by atoms with Gasteiger partial charge in [0.25, 0.3) is 5.91 Å². The molecule has 0 spiro atoms. The summed E-state index contributed by atoms with van der Waals surface area (Å²) in [5.74, 6) is 0.0311. The maximum Gasteiger partial charge on any atom is 0.267 e. The number of likely N-dealkylation sites (N-methyl/N-ethyl adjacent to an activating group) is 1. The van der Waals surface area contributed by atoms with Crippen LogP contribution in [0.4, 0.5) is 0 Å². The number of benzene rings is 1. The second-order valence-electron chi connectivity index (χ2n) is 3.59. The van der Waals surface area contributed by atoms with E-state index in [4.69, 9.17) is 4.74 Å². The average Bonchev–Trinajstić information content (AvgIpc) is 2.36. The molecular formula is C13H16N2O3. The molecule has 0 unspecified atom stereocenters. The largest absolute Gasteiger partial charge is 0.497 e. The third-order valence-corrected chi connectivity index (χ3v) is 2.19. The number of ether oxygens (including phenoxy) is 1. The highest BCUT2D eigenvalue weighted by molar-refractivity contribution is 6.00. The molecule has 5 nitrogen and oxygen atoms in total. The van der Waals surface area contributed by atoms with Crippen molar-refractivity contribution in [3.05, 3.63) is 35.5 Å². The van der Waals surface area contributed by atoms with Crippen LogP contribution in [0.15, 0.2) is 30.0 Å². The van der Waals surface area contributed by atoms with E-state index in [-0.39, 0.29) is 17.5 Å². The first-order valence-corrected chi connectivity index (χ1v) is 5.42. The lowest BCUT2D eigenvalue weighted by atomic mass is 10.1. The fraction of sp³-hybridized carbons (Fsp3) is 0.231. The Bertz CT molecular complexity index is 481. The van der Waals surface area contributed by atoms with Gasteiger partial charge in [0.15, 0.2) is 0 Å². The van der Waals surface area contributed by atoms with Gasteiger partial charge in [0.2, 0.25) is 5.91 Å². The third kappa shape index (κ3) is 3.93. The summed E-state index contributed by atoms with van der Waals surface area (Å²) in [6.07, 6.45) is 1.59. The van der Waals surface area contributed by atoms with Crippen LogP contribution in [-0.4, -0.2) is 26.0 Å². The Hall–Kier alpha value is -2.30. The molecule has 0 aromatic heterocycles. The van der Waals surface area contributed by atoms with Crippen molar-refractivity contribution in [3.63, 3.8) is 0 Å². The minimum Gasteiger partial charge on any atom is -0.497 e. The third-order valence-electron chi connectivity index (χ3n) is 2.19. The maximum absolute atomic E-state index is 11.6. The van der Waals surface area contributed by atoms with E-state index in [0.717, 1.165) is 5.56 Å². The van der Waals surface area contributed by atoms with Gasteiger partial charge in [-0.2, -0.15) is 0 Å².